The van der Waals surface area contributed by atoms with Crippen LogP contribution in [0.25, 0.3) is 0 Å². The fraction of sp³-hybridized carbons (Fsp3) is 0.300. The summed E-state index contributed by atoms with van der Waals surface area (Å²) in [6.07, 6.45) is 0.0808. The van der Waals surface area contributed by atoms with Crippen molar-refractivity contribution in [3.8, 4) is 0 Å². The van der Waals surface area contributed by atoms with Crippen LogP contribution in [-0.2, 0) is 4.79 Å². The molecule has 0 spiro atoms. The molecule has 0 aromatic heterocycles. The van der Waals surface area contributed by atoms with E-state index in [9.17, 15) is 14.9 Å². The van der Waals surface area contributed by atoms with Crippen LogP contribution in [-0.4, -0.2) is 16.9 Å². The van der Waals surface area contributed by atoms with E-state index in [0.29, 0.717) is 0 Å². The zero-order valence-corrected chi connectivity index (χ0v) is 9.84. The van der Waals surface area contributed by atoms with Gasteiger partial charge in [0.1, 0.15) is 11.4 Å². The van der Waals surface area contributed by atoms with Gasteiger partial charge in [-0.2, -0.15) is 0 Å². The number of benzene rings is 1. The molecule has 98 valence electrons. The Morgan fingerprint density at radius 1 is 1.50 bits per heavy atom. The molecule has 6 N–H and O–H groups in total. The minimum Gasteiger partial charge on any atom is -0.376 e. The van der Waals surface area contributed by atoms with Gasteiger partial charge >= 0.3 is 5.69 Å². The van der Waals surface area contributed by atoms with E-state index in [2.05, 4.69) is 10.7 Å². The van der Waals surface area contributed by atoms with Crippen LogP contribution in [0.2, 0.25) is 0 Å². The van der Waals surface area contributed by atoms with Crippen LogP contribution in [0.5, 0.6) is 0 Å². The summed E-state index contributed by atoms with van der Waals surface area (Å²) in [5.74, 6) is 4.73. The highest BCUT2D eigenvalue weighted by molar-refractivity contribution is 5.78. The molecular weight excluding hydrogens is 238 g/mol. The lowest BCUT2D eigenvalue weighted by molar-refractivity contribution is -0.383. The number of primary amides is 1. The maximum Gasteiger partial charge on any atom is 0.316 e. The summed E-state index contributed by atoms with van der Waals surface area (Å²) in [5, 5.41) is 13.8. The molecule has 0 bridgehead atoms. The predicted octanol–water partition coefficient (Wildman–Crippen LogP) is 0.556. The zero-order valence-electron chi connectivity index (χ0n) is 9.84. The van der Waals surface area contributed by atoms with E-state index >= 15 is 0 Å². The fourth-order valence-electron chi connectivity index (χ4n) is 1.59. The molecule has 1 rings (SSSR count). The molecule has 8 nitrogen and oxygen atoms in total. The Bertz CT molecular complexity index is 463. The number of nitrogen functional groups attached to an aromatic ring is 1. The number of carbonyl (C=O) groups is 1. The van der Waals surface area contributed by atoms with Crippen LogP contribution >= 0.6 is 0 Å². The van der Waals surface area contributed by atoms with Gasteiger partial charge in [-0.1, -0.05) is 6.07 Å². The summed E-state index contributed by atoms with van der Waals surface area (Å²) in [6.45, 7) is 1.71. The second kappa shape index (κ2) is 5.82. The lowest BCUT2D eigenvalue weighted by atomic mass is 10.2. The average Bonchev–Trinajstić information content (AvgIpc) is 2.26. The average molecular weight is 253 g/mol. The Kier molecular flexibility index (Phi) is 4.44. The second-order valence-electron chi connectivity index (χ2n) is 3.82. The highest BCUT2D eigenvalue weighted by Gasteiger charge is 2.20. The van der Waals surface area contributed by atoms with E-state index in [1.807, 2.05) is 0 Å². The van der Waals surface area contributed by atoms with Crippen LogP contribution < -0.4 is 22.3 Å². The molecule has 8 heteroatoms. The van der Waals surface area contributed by atoms with Crippen molar-refractivity contribution in [2.45, 2.75) is 19.4 Å². The number of hydrogen-bond donors (Lipinski definition) is 4. The van der Waals surface area contributed by atoms with Gasteiger partial charge in [-0.25, -0.2) is 0 Å². The van der Waals surface area contributed by atoms with E-state index in [0.717, 1.165) is 0 Å². The first-order valence-corrected chi connectivity index (χ1v) is 5.24. The molecule has 1 atom stereocenters. The maximum absolute atomic E-state index is 11.0. The highest BCUT2D eigenvalue weighted by atomic mass is 16.6. The molecular formula is C10H15N5O3. The molecule has 0 aliphatic carbocycles. The summed E-state index contributed by atoms with van der Waals surface area (Å²) in [7, 11) is 0. The monoisotopic (exact) mass is 253 g/mol. The molecule has 1 aromatic carbocycles. The van der Waals surface area contributed by atoms with Crippen molar-refractivity contribution in [2.24, 2.45) is 11.6 Å². The number of nitro groups is 1. The number of nitro benzene ring substituents is 1. The Morgan fingerprint density at radius 2 is 2.11 bits per heavy atom. The van der Waals surface area contributed by atoms with Crippen molar-refractivity contribution in [3.63, 3.8) is 0 Å². The normalized spacial score (nSPS) is 11.7. The molecule has 1 amide bonds. The number of nitrogens with zero attached hydrogens (tertiary/aromatic N) is 1. The predicted molar refractivity (Wildman–Crippen MR) is 67.8 cm³/mol. The molecule has 0 radical (unpaired) electrons. The van der Waals surface area contributed by atoms with Crippen LogP contribution in [0.4, 0.5) is 17.1 Å². The highest BCUT2D eigenvalue weighted by Crippen LogP contribution is 2.32. The number of hydrazine groups is 1. The largest absolute Gasteiger partial charge is 0.376 e. The SMILES string of the molecule is CC(CC(N)=O)Nc1cccc(NN)c1[N+](=O)[O-]. The van der Waals surface area contributed by atoms with Gasteiger partial charge in [0.15, 0.2) is 0 Å². The quantitative estimate of drug-likeness (QED) is 0.332. The fourth-order valence-corrected chi connectivity index (χ4v) is 1.59. The minimum atomic E-state index is -0.547. The second-order valence-corrected chi connectivity index (χ2v) is 3.82. The van der Waals surface area contributed by atoms with Crippen LogP contribution in [0, 0.1) is 10.1 Å². The number of carbonyl (C=O) groups excluding carboxylic acids is 1. The zero-order chi connectivity index (χ0) is 13.7. The van der Waals surface area contributed by atoms with Gasteiger partial charge in [0.25, 0.3) is 0 Å². The van der Waals surface area contributed by atoms with E-state index in [1.54, 1.807) is 13.0 Å². The molecule has 0 fully saturated rings. The molecule has 0 saturated heterocycles. The topological polar surface area (TPSA) is 136 Å². The Balaban J connectivity index is 3.01. The lowest BCUT2D eigenvalue weighted by Crippen LogP contribution is -2.24. The molecule has 18 heavy (non-hydrogen) atoms. The van der Waals surface area contributed by atoms with Gasteiger partial charge in [-0.15, -0.1) is 0 Å². The van der Waals surface area contributed by atoms with Gasteiger partial charge in [0.05, 0.1) is 4.92 Å². The molecule has 0 aliphatic heterocycles. The van der Waals surface area contributed by atoms with Crippen LogP contribution in [0.1, 0.15) is 13.3 Å². The third kappa shape index (κ3) is 3.32. The maximum atomic E-state index is 11.0. The number of nitrogens with two attached hydrogens (primary N) is 2. The third-order valence-electron chi connectivity index (χ3n) is 2.28. The number of nitrogens with one attached hydrogen (secondary N) is 2. The van der Waals surface area contributed by atoms with E-state index in [4.69, 9.17) is 11.6 Å². The van der Waals surface area contributed by atoms with Crippen molar-refractivity contribution in [1.29, 1.82) is 0 Å². The first kappa shape index (κ1) is 13.7. The summed E-state index contributed by atoms with van der Waals surface area (Å²) in [5.41, 5.74) is 7.62. The van der Waals surface area contributed by atoms with Crippen molar-refractivity contribution >= 4 is 23.0 Å². The van der Waals surface area contributed by atoms with Gasteiger partial charge in [-0.05, 0) is 19.1 Å². The number of para-hydroxylation sites is 1. The Morgan fingerprint density at radius 3 is 2.61 bits per heavy atom. The summed E-state index contributed by atoms with van der Waals surface area (Å²) >= 11 is 0. The van der Waals surface area contributed by atoms with Crippen molar-refractivity contribution < 1.29 is 9.72 Å². The standard InChI is InChI=1S/C10H15N5O3/c1-6(5-9(11)16)13-7-3-2-4-8(14-12)10(7)15(17)18/h2-4,6,13-14H,5,12H2,1H3,(H2,11,16). The summed E-state index contributed by atoms with van der Waals surface area (Å²) in [6, 6.07) is 4.33. The number of anilines is 2. The van der Waals surface area contributed by atoms with Crippen LogP contribution in [0.15, 0.2) is 18.2 Å². The smallest absolute Gasteiger partial charge is 0.316 e. The van der Waals surface area contributed by atoms with Gasteiger partial charge in [-0.3, -0.25) is 20.8 Å². The summed E-state index contributed by atoms with van der Waals surface area (Å²) in [4.78, 5) is 21.2. The van der Waals surface area contributed by atoms with Gasteiger partial charge in [0, 0.05) is 12.5 Å². The first-order chi connectivity index (χ1) is 8.45. The van der Waals surface area contributed by atoms with E-state index in [-0.39, 0.29) is 29.5 Å². The summed E-state index contributed by atoms with van der Waals surface area (Å²) < 4.78 is 0. The van der Waals surface area contributed by atoms with Crippen molar-refractivity contribution in [1.82, 2.24) is 0 Å². The number of amides is 1. The van der Waals surface area contributed by atoms with Crippen molar-refractivity contribution in [2.75, 3.05) is 10.7 Å². The minimum absolute atomic E-state index is 0.0808. The van der Waals surface area contributed by atoms with E-state index < -0.39 is 10.8 Å². The molecule has 0 saturated carbocycles. The number of hydrogen-bond acceptors (Lipinski definition) is 6. The molecule has 1 unspecified atom stereocenters. The van der Waals surface area contributed by atoms with Crippen molar-refractivity contribution in [3.05, 3.63) is 28.3 Å². The lowest BCUT2D eigenvalue weighted by Gasteiger charge is -2.14. The molecule has 0 aliphatic rings. The van der Waals surface area contributed by atoms with Gasteiger partial charge < -0.3 is 16.5 Å². The van der Waals surface area contributed by atoms with Gasteiger partial charge in [0.2, 0.25) is 5.91 Å². The first-order valence-electron chi connectivity index (χ1n) is 5.24. The molecule has 0 heterocycles. The Hall–Kier alpha value is -2.35. The van der Waals surface area contributed by atoms with Crippen LogP contribution in [0.3, 0.4) is 0 Å². The van der Waals surface area contributed by atoms with E-state index in [1.165, 1.54) is 12.1 Å². The number of rotatable bonds is 6. The molecule has 1 aromatic rings. The Labute approximate surface area is 103 Å². The third-order valence-corrected chi connectivity index (χ3v) is 2.28.